The van der Waals surface area contributed by atoms with Crippen molar-refractivity contribution in [3.8, 4) is 11.5 Å². The van der Waals surface area contributed by atoms with E-state index in [0.29, 0.717) is 62.0 Å². The number of carbonyl (C=O) groups is 2. The predicted octanol–water partition coefficient (Wildman–Crippen LogP) is 1.91. The fourth-order valence-corrected chi connectivity index (χ4v) is 4.39. The minimum Gasteiger partial charge on any atom is -0.496 e. The maximum absolute atomic E-state index is 13.4. The third-order valence-corrected chi connectivity index (χ3v) is 6.10. The second kappa shape index (κ2) is 10.6. The van der Waals surface area contributed by atoms with Crippen LogP contribution in [0.3, 0.4) is 0 Å². The van der Waals surface area contributed by atoms with Crippen LogP contribution in [0.2, 0.25) is 0 Å². The maximum atomic E-state index is 13.4. The SMILES string of the molecule is CCOC(=O)CCc1c(C)nc2ncnn2c1N1CCN(C(=O)c2c(OC)cccc2OC)CC1. The summed E-state index contributed by atoms with van der Waals surface area (Å²) in [5.74, 6) is 1.90. The van der Waals surface area contributed by atoms with Crippen molar-refractivity contribution in [1.82, 2.24) is 24.5 Å². The molecule has 11 heteroatoms. The fourth-order valence-electron chi connectivity index (χ4n) is 4.39. The highest BCUT2D eigenvalue weighted by Gasteiger charge is 2.29. The molecule has 3 heterocycles. The van der Waals surface area contributed by atoms with E-state index in [1.807, 2.05) is 6.92 Å². The van der Waals surface area contributed by atoms with Gasteiger partial charge in [-0.2, -0.15) is 14.6 Å². The number of benzene rings is 1. The average Bonchev–Trinajstić information content (AvgIpc) is 3.34. The van der Waals surface area contributed by atoms with Crippen molar-refractivity contribution in [1.29, 1.82) is 0 Å². The first-order chi connectivity index (χ1) is 17.0. The zero-order valence-corrected chi connectivity index (χ0v) is 20.5. The molecule has 0 saturated carbocycles. The van der Waals surface area contributed by atoms with Gasteiger partial charge in [0, 0.05) is 43.9 Å². The first kappa shape index (κ1) is 24.2. The van der Waals surface area contributed by atoms with Crippen LogP contribution in [0.25, 0.3) is 5.78 Å². The molecule has 11 nitrogen and oxygen atoms in total. The Hall–Kier alpha value is -3.89. The topological polar surface area (TPSA) is 111 Å². The standard InChI is InChI=1S/C24H30N6O5/c1-5-35-20(31)10-9-17-16(2)27-24-25-15-26-30(24)22(17)28-11-13-29(14-12-28)23(32)21-18(33-3)7-6-8-19(21)34-4/h6-8,15H,5,9-14H2,1-4H3. The van der Waals surface area contributed by atoms with E-state index in [1.54, 1.807) is 34.5 Å². The number of hydrogen-bond acceptors (Lipinski definition) is 9. The van der Waals surface area contributed by atoms with Gasteiger partial charge in [-0.3, -0.25) is 9.59 Å². The monoisotopic (exact) mass is 482 g/mol. The molecule has 1 aliphatic rings. The highest BCUT2D eigenvalue weighted by atomic mass is 16.5. The van der Waals surface area contributed by atoms with Gasteiger partial charge in [-0.25, -0.2) is 4.98 Å². The number of piperazine rings is 1. The van der Waals surface area contributed by atoms with E-state index < -0.39 is 0 Å². The van der Waals surface area contributed by atoms with Crippen LogP contribution in [0.1, 0.15) is 35.0 Å². The Labute approximate surface area is 203 Å². The average molecular weight is 483 g/mol. The second-order valence-corrected chi connectivity index (χ2v) is 8.09. The highest BCUT2D eigenvalue weighted by Crippen LogP contribution is 2.31. The predicted molar refractivity (Wildman–Crippen MR) is 128 cm³/mol. The molecule has 4 rings (SSSR count). The Bertz CT molecular complexity index is 1200. The van der Waals surface area contributed by atoms with Crippen molar-refractivity contribution >= 4 is 23.5 Å². The summed E-state index contributed by atoms with van der Waals surface area (Å²) in [4.78, 5) is 38.2. The molecule has 0 radical (unpaired) electrons. The summed E-state index contributed by atoms with van der Waals surface area (Å²) in [7, 11) is 3.08. The lowest BCUT2D eigenvalue weighted by Crippen LogP contribution is -2.49. The molecule has 1 fully saturated rings. The Morgan fingerprint density at radius 3 is 2.37 bits per heavy atom. The number of rotatable bonds is 8. The van der Waals surface area contributed by atoms with Crippen molar-refractivity contribution < 1.29 is 23.8 Å². The molecule has 0 bridgehead atoms. The van der Waals surface area contributed by atoms with Gasteiger partial charge in [0.15, 0.2) is 0 Å². The van der Waals surface area contributed by atoms with Crippen LogP contribution in [-0.4, -0.2) is 83.4 Å². The fraction of sp³-hybridized carbons (Fsp3) is 0.458. The first-order valence-corrected chi connectivity index (χ1v) is 11.6. The zero-order valence-electron chi connectivity index (χ0n) is 20.5. The molecule has 0 N–H and O–H groups in total. The van der Waals surface area contributed by atoms with Gasteiger partial charge in [0.1, 0.15) is 29.2 Å². The van der Waals surface area contributed by atoms with Crippen molar-refractivity contribution in [2.45, 2.75) is 26.7 Å². The van der Waals surface area contributed by atoms with Gasteiger partial charge in [-0.1, -0.05) is 6.07 Å². The normalized spacial score (nSPS) is 13.7. The van der Waals surface area contributed by atoms with Crippen molar-refractivity contribution in [2.24, 2.45) is 0 Å². The largest absolute Gasteiger partial charge is 0.496 e. The van der Waals surface area contributed by atoms with Crippen LogP contribution >= 0.6 is 0 Å². The molecule has 0 aliphatic carbocycles. The quantitative estimate of drug-likeness (QED) is 0.445. The first-order valence-electron chi connectivity index (χ1n) is 11.6. The molecule has 1 aromatic carbocycles. The van der Waals surface area contributed by atoms with Gasteiger partial charge in [0.05, 0.1) is 20.8 Å². The summed E-state index contributed by atoms with van der Waals surface area (Å²) >= 11 is 0. The van der Waals surface area contributed by atoms with Crippen molar-refractivity contribution in [2.75, 3.05) is 51.9 Å². The van der Waals surface area contributed by atoms with Gasteiger partial charge in [-0.05, 0) is 32.4 Å². The molecule has 1 aliphatic heterocycles. The Balaban J connectivity index is 1.58. The van der Waals surface area contributed by atoms with Crippen molar-refractivity contribution in [3.63, 3.8) is 0 Å². The van der Waals surface area contributed by atoms with Crippen LogP contribution in [-0.2, 0) is 16.0 Å². The molecule has 186 valence electrons. The van der Waals surface area contributed by atoms with Crippen LogP contribution < -0.4 is 14.4 Å². The number of anilines is 1. The van der Waals surface area contributed by atoms with Crippen LogP contribution in [0, 0.1) is 6.92 Å². The summed E-state index contributed by atoms with van der Waals surface area (Å²) in [6.07, 6.45) is 2.18. The number of nitrogens with zero attached hydrogens (tertiary/aromatic N) is 6. The molecule has 0 unspecified atom stereocenters. The lowest BCUT2D eigenvalue weighted by molar-refractivity contribution is -0.143. The number of hydrogen-bond donors (Lipinski definition) is 0. The molecule has 1 amide bonds. The molecular formula is C24H30N6O5. The van der Waals surface area contributed by atoms with Crippen LogP contribution in [0.15, 0.2) is 24.5 Å². The minimum atomic E-state index is -0.252. The van der Waals surface area contributed by atoms with Gasteiger partial charge in [0.2, 0.25) is 0 Å². The summed E-state index contributed by atoms with van der Waals surface area (Å²) in [6.45, 7) is 6.19. The number of fused-ring (bicyclic) bond motifs is 1. The Morgan fingerprint density at radius 2 is 1.74 bits per heavy atom. The number of amides is 1. The van der Waals surface area contributed by atoms with Gasteiger partial charge in [-0.15, -0.1) is 0 Å². The lowest BCUT2D eigenvalue weighted by Gasteiger charge is -2.37. The lowest BCUT2D eigenvalue weighted by atomic mass is 10.1. The van der Waals surface area contributed by atoms with E-state index >= 15 is 0 Å². The number of methoxy groups -OCH3 is 2. The molecule has 3 aromatic rings. The number of aromatic nitrogens is 4. The zero-order chi connectivity index (χ0) is 24.9. The van der Waals surface area contributed by atoms with Gasteiger partial charge in [0.25, 0.3) is 11.7 Å². The van der Waals surface area contributed by atoms with Crippen LogP contribution in [0.5, 0.6) is 11.5 Å². The second-order valence-electron chi connectivity index (χ2n) is 8.09. The number of carbonyl (C=O) groups excluding carboxylic acids is 2. The van der Waals surface area contributed by atoms with E-state index in [2.05, 4.69) is 20.0 Å². The van der Waals surface area contributed by atoms with E-state index in [0.717, 1.165) is 17.1 Å². The van der Waals surface area contributed by atoms with E-state index in [9.17, 15) is 9.59 Å². The smallest absolute Gasteiger partial charge is 0.306 e. The molecule has 1 saturated heterocycles. The van der Waals surface area contributed by atoms with E-state index in [1.165, 1.54) is 20.5 Å². The van der Waals surface area contributed by atoms with Crippen molar-refractivity contribution in [3.05, 3.63) is 41.3 Å². The highest BCUT2D eigenvalue weighted by molar-refractivity contribution is 6.00. The van der Waals surface area contributed by atoms with E-state index in [4.69, 9.17) is 14.2 Å². The third kappa shape index (κ3) is 4.84. The van der Waals surface area contributed by atoms with Gasteiger partial charge >= 0.3 is 5.97 Å². The molecule has 0 spiro atoms. The summed E-state index contributed by atoms with van der Waals surface area (Å²) < 4.78 is 17.7. The molecule has 0 atom stereocenters. The molecule has 2 aromatic heterocycles. The Kier molecular flexibility index (Phi) is 7.33. The summed E-state index contributed by atoms with van der Waals surface area (Å²) in [5.41, 5.74) is 2.13. The van der Waals surface area contributed by atoms with Gasteiger partial charge < -0.3 is 24.0 Å². The maximum Gasteiger partial charge on any atom is 0.306 e. The third-order valence-electron chi connectivity index (χ3n) is 6.10. The molecular weight excluding hydrogens is 452 g/mol. The molecule has 35 heavy (non-hydrogen) atoms. The number of ether oxygens (including phenoxy) is 3. The number of aryl methyl sites for hydroxylation is 1. The minimum absolute atomic E-state index is 0.140. The number of esters is 1. The van der Waals surface area contributed by atoms with Crippen LogP contribution in [0.4, 0.5) is 5.82 Å². The summed E-state index contributed by atoms with van der Waals surface area (Å²) in [5, 5.41) is 4.38. The Morgan fingerprint density at radius 1 is 1.06 bits per heavy atom. The van der Waals surface area contributed by atoms with E-state index in [-0.39, 0.29) is 18.3 Å². The summed E-state index contributed by atoms with van der Waals surface area (Å²) in [6, 6.07) is 5.30.